The van der Waals surface area contributed by atoms with Gasteiger partial charge in [-0.1, -0.05) is 27.7 Å². The number of alkyl halides is 3. The molecule has 3 aliphatic rings. The van der Waals surface area contributed by atoms with E-state index in [0.29, 0.717) is 13.0 Å². The van der Waals surface area contributed by atoms with Gasteiger partial charge in [-0.3, -0.25) is 19.2 Å². The molecule has 0 aromatic rings. The number of nitrogens with one attached hydrogen (secondary N) is 3. The van der Waals surface area contributed by atoms with Gasteiger partial charge in [-0.2, -0.15) is 18.4 Å². The molecule has 12 heteroatoms. The average Bonchev–Trinajstić information content (AvgIpc) is 3.10. The van der Waals surface area contributed by atoms with Crippen LogP contribution < -0.4 is 16.0 Å². The second kappa shape index (κ2) is 9.66. The molecule has 194 valence electrons. The van der Waals surface area contributed by atoms with Crippen LogP contribution >= 0.6 is 0 Å². The topological polar surface area (TPSA) is 131 Å². The molecule has 1 aliphatic carbocycles. The number of halogens is 3. The largest absolute Gasteiger partial charge is 0.471 e. The van der Waals surface area contributed by atoms with Crippen molar-refractivity contribution >= 4 is 23.6 Å². The molecular weight excluding hydrogens is 467 g/mol. The zero-order valence-electron chi connectivity index (χ0n) is 20.2. The van der Waals surface area contributed by atoms with Crippen LogP contribution in [0.2, 0.25) is 0 Å². The van der Waals surface area contributed by atoms with Crippen LogP contribution in [0.1, 0.15) is 47.0 Å². The molecule has 2 aliphatic heterocycles. The lowest BCUT2D eigenvalue weighted by molar-refractivity contribution is -0.175. The zero-order valence-corrected chi connectivity index (χ0v) is 20.2. The van der Waals surface area contributed by atoms with Crippen LogP contribution in [0.25, 0.3) is 0 Å². The van der Waals surface area contributed by atoms with Crippen LogP contribution in [0.3, 0.4) is 0 Å². The summed E-state index contributed by atoms with van der Waals surface area (Å²) < 4.78 is 38.6. The molecule has 4 amide bonds. The highest BCUT2D eigenvalue weighted by atomic mass is 19.4. The summed E-state index contributed by atoms with van der Waals surface area (Å²) in [6.07, 6.45) is -4.49. The van der Waals surface area contributed by atoms with E-state index in [9.17, 15) is 37.6 Å². The maximum absolute atomic E-state index is 13.4. The Morgan fingerprint density at radius 3 is 2.43 bits per heavy atom. The summed E-state index contributed by atoms with van der Waals surface area (Å²) in [4.78, 5) is 51.4. The molecular formula is C23H32F3N5O4. The molecule has 35 heavy (non-hydrogen) atoms. The number of carbonyl (C=O) groups excluding carboxylic acids is 4. The van der Waals surface area contributed by atoms with Crippen molar-refractivity contribution in [1.82, 2.24) is 20.9 Å². The first kappa shape index (κ1) is 26.8. The summed E-state index contributed by atoms with van der Waals surface area (Å²) in [6, 6.07) is -1.38. The van der Waals surface area contributed by atoms with Crippen molar-refractivity contribution in [3.05, 3.63) is 0 Å². The number of nitrogens with zero attached hydrogens (tertiary/aromatic N) is 2. The number of piperidine rings is 1. The predicted molar refractivity (Wildman–Crippen MR) is 117 cm³/mol. The fourth-order valence-electron chi connectivity index (χ4n) is 5.50. The number of carbonyl (C=O) groups is 4. The molecule has 3 fully saturated rings. The van der Waals surface area contributed by atoms with Gasteiger partial charge < -0.3 is 20.9 Å². The van der Waals surface area contributed by atoms with E-state index in [2.05, 4.69) is 10.6 Å². The normalized spacial score (nSPS) is 28.5. The number of rotatable bonds is 8. The van der Waals surface area contributed by atoms with E-state index in [-0.39, 0.29) is 48.5 Å². The fraction of sp³-hybridized carbons (Fsp3) is 0.783. The molecule has 0 bridgehead atoms. The molecule has 2 saturated heterocycles. The van der Waals surface area contributed by atoms with E-state index in [1.165, 1.54) is 4.90 Å². The first-order valence-corrected chi connectivity index (χ1v) is 11.8. The zero-order chi connectivity index (χ0) is 26.3. The Morgan fingerprint density at radius 1 is 1.26 bits per heavy atom. The molecule has 0 radical (unpaired) electrons. The minimum absolute atomic E-state index is 0.0260. The lowest BCUT2D eigenvalue weighted by Crippen LogP contribution is -2.58. The van der Waals surface area contributed by atoms with E-state index in [1.54, 1.807) is 19.2 Å². The maximum atomic E-state index is 13.4. The summed E-state index contributed by atoms with van der Waals surface area (Å²) in [7, 11) is 0. The second-order valence-corrected chi connectivity index (χ2v) is 10.7. The Balaban J connectivity index is 1.78. The Hall–Kier alpha value is -2.84. The summed E-state index contributed by atoms with van der Waals surface area (Å²) in [5, 5.41) is 16.7. The standard InChI is InChI=1S/C23H32F3N5O4/c1-11(2)7-15(30-21(35)23(24,25)26)20(34)31-10-14-16(22(14,3)4)17(31)19(33)29-13(9-27)8-12-5-6-28-18(12)32/h11-17H,5-8,10H2,1-4H3,(H,28,32)(H,29,33)(H,30,35)/t12-,13-,14-,15-,16-,17-/m0/s1. The van der Waals surface area contributed by atoms with Gasteiger partial charge in [0.1, 0.15) is 18.1 Å². The van der Waals surface area contributed by atoms with Gasteiger partial charge >= 0.3 is 12.1 Å². The van der Waals surface area contributed by atoms with Crippen molar-refractivity contribution < 1.29 is 32.3 Å². The van der Waals surface area contributed by atoms with Crippen molar-refractivity contribution in [3.8, 4) is 6.07 Å². The van der Waals surface area contributed by atoms with Crippen LogP contribution in [0.15, 0.2) is 0 Å². The summed E-state index contributed by atoms with van der Waals surface area (Å²) in [6.45, 7) is 8.00. The van der Waals surface area contributed by atoms with E-state index in [4.69, 9.17) is 0 Å². The Labute approximate surface area is 202 Å². The molecule has 9 nitrogen and oxygen atoms in total. The Morgan fingerprint density at radius 2 is 1.91 bits per heavy atom. The maximum Gasteiger partial charge on any atom is 0.471 e. The van der Waals surface area contributed by atoms with E-state index in [0.717, 1.165) is 0 Å². The number of fused-ring (bicyclic) bond motifs is 1. The third kappa shape index (κ3) is 5.54. The Bertz CT molecular complexity index is 929. The molecule has 3 N–H and O–H groups in total. The second-order valence-electron chi connectivity index (χ2n) is 10.7. The van der Waals surface area contributed by atoms with E-state index < -0.39 is 47.9 Å². The number of hydrogen-bond acceptors (Lipinski definition) is 5. The van der Waals surface area contributed by atoms with E-state index in [1.807, 2.05) is 19.9 Å². The monoisotopic (exact) mass is 499 g/mol. The molecule has 6 atom stereocenters. The third-order valence-electron chi connectivity index (χ3n) is 7.48. The van der Waals surface area contributed by atoms with Crippen LogP contribution in [-0.4, -0.2) is 65.9 Å². The van der Waals surface area contributed by atoms with Crippen LogP contribution in [0.4, 0.5) is 13.2 Å². The van der Waals surface area contributed by atoms with Crippen LogP contribution in [-0.2, 0) is 19.2 Å². The summed E-state index contributed by atoms with van der Waals surface area (Å²) in [5.74, 6) is -4.56. The lowest BCUT2D eigenvalue weighted by Gasteiger charge is -2.34. The van der Waals surface area contributed by atoms with Gasteiger partial charge in [0.05, 0.1) is 6.07 Å². The highest BCUT2D eigenvalue weighted by molar-refractivity contribution is 5.94. The highest BCUT2D eigenvalue weighted by Gasteiger charge is 2.69. The lowest BCUT2D eigenvalue weighted by atomic mass is 9.96. The van der Waals surface area contributed by atoms with Crippen LogP contribution in [0, 0.1) is 40.4 Å². The summed E-state index contributed by atoms with van der Waals surface area (Å²) >= 11 is 0. The summed E-state index contributed by atoms with van der Waals surface area (Å²) in [5.41, 5.74) is -0.255. The molecule has 0 unspecified atom stereocenters. The van der Waals surface area contributed by atoms with Gasteiger partial charge in [0.25, 0.3) is 0 Å². The van der Waals surface area contributed by atoms with E-state index >= 15 is 0 Å². The first-order valence-electron chi connectivity index (χ1n) is 11.8. The number of nitriles is 1. The van der Waals surface area contributed by atoms with Crippen molar-refractivity contribution in [2.24, 2.45) is 29.1 Å². The molecule has 0 spiro atoms. The quantitative estimate of drug-likeness (QED) is 0.460. The van der Waals surface area contributed by atoms with Gasteiger partial charge in [0.15, 0.2) is 0 Å². The minimum atomic E-state index is -5.14. The van der Waals surface area contributed by atoms with Crippen molar-refractivity contribution in [2.75, 3.05) is 13.1 Å². The minimum Gasteiger partial charge on any atom is -0.356 e. The van der Waals surface area contributed by atoms with Crippen molar-refractivity contribution in [2.45, 2.75) is 71.3 Å². The molecule has 1 saturated carbocycles. The molecule has 2 heterocycles. The van der Waals surface area contributed by atoms with Gasteiger partial charge in [-0.05, 0) is 42.4 Å². The van der Waals surface area contributed by atoms with Crippen molar-refractivity contribution in [3.63, 3.8) is 0 Å². The van der Waals surface area contributed by atoms with Gasteiger partial charge in [0.2, 0.25) is 17.7 Å². The SMILES string of the molecule is CC(C)C[C@H](NC(=O)C(F)(F)F)C(=O)N1C[C@H]2[C@@H]([C@H]1C(=O)N[C@H](C#N)C[C@@H]1CCNC1=O)C2(C)C. The van der Waals surface area contributed by atoms with Crippen LogP contribution in [0.5, 0.6) is 0 Å². The van der Waals surface area contributed by atoms with Gasteiger partial charge in [0, 0.05) is 19.0 Å². The number of amides is 4. The molecule has 3 rings (SSSR count). The average molecular weight is 500 g/mol. The fourth-order valence-corrected chi connectivity index (χ4v) is 5.50. The van der Waals surface area contributed by atoms with Crippen molar-refractivity contribution in [1.29, 1.82) is 5.26 Å². The van der Waals surface area contributed by atoms with Gasteiger partial charge in [-0.25, -0.2) is 0 Å². The third-order valence-corrected chi connectivity index (χ3v) is 7.48. The predicted octanol–water partition coefficient (Wildman–Crippen LogP) is 1.10. The number of likely N-dealkylation sites (tertiary alicyclic amines) is 1. The number of hydrogen-bond donors (Lipinski definition) is 3. The smallest absolute Gasteiger partial charge is 0.356 e. The molecule has 0 aromatic carbocycles. The highest BCUT2D eigenvalue weighted by Crippen LogP contribution is 2.65. The first-order chi connectivity index (χ1) is 16.2. The molecule has 0 aromatic heterocycles. The van der Waals surface area contributed by atoms with Gasteiger partial charge in [-0.15, -0.1) is 0 Å². The Kier molecular flexibility index (Phi) is 7.39.